The minimum absolute atomic E-state index is 0.278. The van der Waals surface area contributed by atoms with Gasteiger partial charge in [0, 0.05) is 34.5 Å². The Morgan fingerprint density at radius 2 is 1.69 bits per heavy atom. The number of aromatic nitrogens is 2. The maximum absolute atomic E-state index is 13.3. The molecule has 3 aliphatic heterocycles. The van der Waals surface area contributed by atoms with Crippen LogP contribution < -0.4 is 5.32 Å². The van der Waals surface area contributed by atoms with E-state index in [9.17, 15) is 19.8 Å². The Morgan fingerprint density at radius 3 is 2.47 bits per heavy atom. The van der Waals surface area contributed by atoms with Crippen molar-refractivity contribution in [2.24, 2.45) is 0 Å². The minimum Gasteiger partial charge on any atom is -0.394 e. The number of benzene rings is 3. The molecule has 2 amide bonds. The van der Waals surface area contributed by atoms with Crippen molar-refractivity contribution in [3.63, 3.8) is 0 Å². The molecule has 0 spiro atoms. The molecule has 1 fully saturated rings. The molecule has 0 saturated carbocycles. The SMILES string of the molecule is O=C1NC(=O)c2c1c1c3cccc4c3n(c1c1c2c2ccccc2n1C1CC(O)C(CO)O1)CCC4. The van der Waals surface area contributed by atoms with Gasteiger partial charge in [-0.2, -0.15) is 0 Å². The highest BCUT2D eigenvalue weighted by atomic mass is 16.5. The fourth-order valence-electron chi connectivity index (χ4n) is 6.86. The molecule has 8 heteroatoms. The van der Waals surface area contributed by atoms with E-state index < -0.39 is 24.3 Å². The number of aliphatic hydroxyl groups excluding tert-OH is 2. The molecule has 3 aromatic carbocycles. The second kappa shape index (κ2) is 6.94. The number of para-hydroxylation sites is 2. The van der Waals surface area contributed by atoms with Crippen LogP contribution in [-0.2, 0) is 17.7 Å². The number of carbonyl (C=O) groups excluding carboxylic acids is 2. The number of hydrogen-bond donors (Lipinski definition) is 3. The van der Waals surface area contributed by atoms with E-state index in [2.05, 4.69) is 20.5 Å². The number of nitrogens with zero attached hydrogens (tertiary/aromatic N) is 2. The third kappa shape index (κ3) is 2.34. The summed E-state index contributed by atoms with van der Waals surface area (Å²) in [5, 5.41) is 26.3. The molecule has 8 nitrogen and oxygen atoms in total. The summed E-state index contributed by atoms with van der Waals surface area (Å²) >= 11 is 0. The van der Waals surface area contributed by atoms with E-state index in [1.807, 2.05) is 36.4 Å². The molecule has 3 N–H and O–H groups in total. The number of imide groups is 1. The Bertz CT molecular complexity index is 1810. The molecule has 1 saturated heterocycles. The van der Waals surface area contributed by atoms with Crippen LogP contribution in [0.3, 0.4) is 0 Å². The van der Waals surface area contributed by atoms with Gasteiger partial charge in [-0.3, -0.25) is 14.9 Å². The largest absolute Gasteiger partial charge is 0.394 e. The minimum atomic E-state index is -0.803. The van der Waals surface area contributed by atoms with Gasteiger partial charge in [0.25, 0.3) is 11.8 Å². The van der Waals surface area contributed by atoms with Crippen molar-refractivity contribution in [1.82, 2.24) is 14.5 Å². The second-order valence-electron chi connectivity index (χ2n) is 10.1. The lowest BCUT2D eigenvalue weighted by atomic mass is 9.96. The van der Waals surface area contributed by atoms with Crippen LogP contribution in [0.2, 0.25) is 0 Å². The topological polar surface area (TPSA) is 106 Å². The van der Waals surface area contributed by atoms with Gasteiger partial charge in [-0.1, -0.05) is 36.4 Å². The van der Waals surface area contributed by atoms with Gasteiger partial charge in [-0.05, 0) is 24.5 Å². The summed E-state index contributed by atoms with van der Waals surface area (Å²) in [5.74, 6) is -0.757. The molecule has 3 aliphatic rings. The van der Waals surface area contributed by atoms with Crippen molar-refractivity contribution in [3.05, 3.63) is 59.2 Å². The standard InChI is InChI=1S/C28H23N3O5/c32-12-18-17(33)11-19(36-18)31-16-9-2-1-7-14(16)20-22-23(28(35)29-27(22)34)21-15-8-3-5-13-6-4-10-30(24(13)15)25(21)26(20)31/h1-3,5,7-9,17-19,32-33H,4,6,10-12H2,(H,29,34,35). The summed E-state index contributed by atoms with van der Waals surface area (Å²) in [6.45, 7) is 0.523. The van der Waals surface area contributed by atoms with Gasteiger partial charge in [-0.25, -0.2) is 0 Å². The molecule has 3 atom stereocenters. The van der Waals surface area contributed by atoms with E-state index in [-0.39, 0.29) is 12.5 Å². The number of rotatable bonds is 2. The van der Waals surface area contributed by atoms with E-state index in [1.165, 1.54) is 5.56 Å². The first-order valence-corrected chi connectivity index (χ1v) is 12.4. The van der Waals surface area contributed by atoms with E-state index >= 15 is 0 Å². The van der Waals surface area contributed by atoms with E-state index in [4.69, 9.17) is 4.74 Å². The van der Waals surface area contributed by atoms with E-state index in [0.717, 1.165) is 63.0 Å². The maximum atomic E-state index is 13.3. The highest BCUT2D eigenvalue weighted by Crippen LogP contribution is 2.48. The zero-order valence-corrected chi connectivity index (χ0v) is 19.3. The molecule has 0 aliphatic carbocycles. The molecule has 5 aromatic rings. The van der Waals surface area contributed by atoms with Crippen LogP contribution in [0.5, 0.6) is 0 Å². The number of aliphatic hydroxyl groups is 2. The summed E-state index contributed by atoms with van der Waals surface area (Å²) in [7, 11) is 0. The number of hydrogen-bond acceptors (Lipinski definition) is 5. The van der Waals surface area contributed by atoms with Gasteiger partial charge in [0.1, 0.15) is 12.3 Å². The fourth-order valence-corrected chi connectivity index (χ4v) is 6.86. The molecule has 8 rings (SSSR count). The van der Waals surface area contributed by atoms with Crippen LogP contribution in [0.25, 0.3) is 43.6 Å². The molecule has 180 valence electrons. The summed E-state index contributed by atoms with van der Waals surface area (Å²) in [4.78, 5) is 26.6. The van der Waals surface area contributed by atoms with Gasteiger partial charge < -0.3 is 24.1 Å². The normalized spacial score (nSPS) is 23.4. The number of aryl methyl sites for hydroxylation is 2. The highest BCUT2D eigenvalue weighted by Gasteiger charge is 2.40. The summed E-state index contributed by atoms with van der Waals surface area (Å²) in [5.41, 5.74) is 5.79. The van der Waals surface area contributed by atoms with Crippen LogP contribution in [0.1, 0.15) is 45.3 Å². The molecule has 0 radical (unpaired) electrons. The van der Waals surface area contributed by atoms with E-state index in [1.54, 1.807) is 0 Å². The van der Waals surface area contributed by atoms with Gasteiger partial charge >= 0.3 is 0 Å². The smallest absolute Gasteiger partial charge is 0.259 e. The van der Waals surface area contributed by atoms with Crippen LogP contribution in [0.4, 0.5) is 0 Å². The first-order valence-electron chi connectivity index (χ1n) is 12.4. The van der Waals surface area contributed by atoms with Crippen molar-refractivity contribution < 1.29 is 24.5 Å². The molecule has 5 heterocycles. The molecule has 36 heavy (non-hydrogen) atoms. The molecular formula is C28H23N3O5. The quantitative estimate of drug-likeness (QED) is 0.335. The summed E-state index contributed by atoms with van der Waals surface area (Å²) in [6, 6.07) is 14.0. The first-order chi connectivity index (χ1) is 17.6. The van der Waals surface area contributed by atoms with Crippen molar-refractivity contribution in [1.29, 1.82) is 0 Å². The summed E-state index contributed by atoms with van der Waals surface area (Å²) < 4.78 is 10.5. The molecule has 0 bridgehead atoms. The third-order valence-corrected chi connectivity index (χ3v) is 8.23. The van der Waals surface area contributed by atoms with Crippen molar-refractivity contribution >= 4 is 55.4 Å². The second-order valence-corrected chi connectivity index (χ2v) is 10.1. The number of amides is 2. The van der Waals surface area contributed by atoms with Gasteiger partial charge in [0.15, 0.2) is 0 Å². The number of nitrogens with one attached hydrogen (secondary N) is 1. The lowest BCUT2D eigenvalue weighted by Gasteiger charge is -2.20. The number of carbonyl (C=O) groups is 2. The predicted octanol–water partition coefficient (Wildman–Crippen LogP) is 3.37. The van der Waals surface area contributed by atoms with Crippen LogP contribution in [0, 0.1) is 0 Å². The fraction of sp³-hybridized carbons (Fsp3) is 0.286. The Kier molecular flexibility index (Phi) is 3.95. The zero-order chi connectivity index (χ0) is 24.3. The molecule has 2 aromatic heterocycles. The van der Waals surface area contributed by atoms with E-state index in [0.29, 0.717) is 17.5 Å². The number of ether oxygens (including phenoxy) is 1. The Labute approximate surface area is 204 Å². The van der Waals surface area contributed by atoms with Crippen LogP contribution >= 0.6 is 0 Å². The Morgan fingerprint density at radius 1 is 0.944 bits per heavy atom. The van der Waals surface area contributed by atoms with Crippen molar-refractivity contribution in [2.45, 2.75) is 44.2 Å². The Balaban J connectivity index is 1.66. The Hall–Kier alpha value is -3.72. The average Bonchev–Trinajstić information content (AvgIpc) is 3.60. The average molecular weight is 482 g/mol. The van der Waals surface area contributed by atoms with Crippen LogP contribution in [-0.4, -0.2) is 50.0 Å². The van der Waals surface area contributed by atoms with Crippen molar-refractivity contribution in [2.75, 3.05) is 6.61 Å². The molecular weight excluding hydrogens is 458 g/mol. The lowest BCUT2D eigenvalue weighted by molar-refractivity contribution is -0.0415. The zero-order valence-electron chi connectivity index (χ0n) is 19.3. The summed E-state index contributed by atoms with van der Waals surface area (Å²) in [6.07, 6.45) is 0.233. The van der Waals surface area contributed by atoms with Gasteiger partial charge in [0.05, 0.1) is 45.9 Å². The van der Waals surface area contributed by atoms with Crippen molar-refractivity contribution in [3.8, 4) is 0 Å². The third-order valence-electron chi connectivity index (χ3n) is 8.23. The van der Waals surface area contributed by atoms with Gasteiger partial charge in [-0.15, -0.1) is 0 Å². The van der Waals surface area contributed by atoms with Gasteiger partial charge in [0.2, 0.25) is 0 Å². The molecule has 3 unspecified atom stereocenters. The number of fused-ring (bicyclic) bond motifs is 10. The predicted molar refractivity (Wildman–Crippen MR) is 134 cm³/mol. The monoisotopic (exact) mass is 481 g/mol. The highest BCUT2D eigenvalue weighted by molar-refractivity contribution is 6.39. The van der Waals surface area contributed by atoms with Crippen LogP contribution in [0.15, 0.2) is 42.5 Å². The maximum Gasteiger partial charge on any atom is 0.259 e. The lowest BCUT2D eigenvalue weighted by Crippen LogP contribution is -2.24. The first kappa shape index (κ1) is 20.5.